The summed E-state index contributed by atoms with van der Waals surface area (Å²) in [6.07, 6.45) is 3.55. The summed E-state index contributed by atoms with van der Waals surface area (Å²) in [4.78, 5) is 4.11. The van der Waals surface area contributed by atoms with Crippen LogP contribution in [-0.4, -0.2) is 16.1 Å². The number of nitrogens with zero attached hydrogens (tertiary/aromatic N) is 2. The van der Waals surface area contributed by atoms with E-state index in [1.165, 1.54) is 12.1 Å². The van der Waals surface area contributed by atoms with E-state index in [0.717, 1.165) is 12.2 Å². The molecule has 1 unspecified atom stereocenters. The van der Waals surface area contributed by atoms with Crippen molar-refractivity contribution >= 4 is 5.69 Å². The molecule has 2 rings (SSSR count). The highest BCUT2D eigenvalue weighted by atomic mass is 19.1. The smallest absolute Gasteiger partial charge is 0.125 e. The van der Waals surface area contributed by atoms with Gasteiger partial charge >= 0.3 is 0 Å². The number of hydrogen-bond acceptors (Lipinski definition) is 3. The van der Waals surface area contributed by atoms with Gasteiger partial charge in [0.15, 0.2) is 0 Å². The molecule has 1 aromatic heterocycles. The van der Waals surface area contributed by atoms with Crippen LogP contribution in [0.3, 0.4) is 0 Å². The molecule has 1 aromatic carbocycles. The number of aromatic nitrogens is 2. The summed E-state index contributed by atoms with van der Waals surface area (Å²) in [7, 11) is 0. The number of benzene rings is 1. The minimum atomic E-state index is -0.264. The zero-order valence-corrected chi connectivity index (χ0v) is 10.3. The Hall–Kier alpha value is -1.88. The van der Waals surface area contributed by atoms with Crippen LogP contribution < -0.4 is 11.1 Å². The van der Waals surface area contributed by atoms with E-state index in [1.807, 2.05) is 17.6 Å². The lowest BCUT2D eigenvalue weighted by molar-refractivity contribution is 0.626. The van der Waals surface area contributed by atoms with Crippen LogP contribution in [0.25, 0.3) is 0 Å². The van der Waals surface area contributed by atoms with Crippen molar-refractivity contribution < 1.29 is 4.39 Å². The number of aryl methyl sites for hydroxylation is 1. The molecule has 0 aliphatic carbocycles. The second-order valence-corrected chi connectivity index (χ2v) is 4.05. The Kier molecular flexibility index (Phi) is 3.94. The van der Waals surface area contributed by atoms with Crippen LogP contribution in [0.2, 0.25) is 0 Å². The average Bonchev–Trinajstić information content (AvgIpc) is 2.84. The predicted octanol–water partition coefficient (Wildman–Crippen LogP) is 2.15. The van der Waals surface area contributed by atoms with Gasteiger partial charge in [-0.1, -0.05) is 6.07 Å². The van der Waals surface area contributed by atoms with Gasteiger partial charge in [0.1, 0.15) is 5.82 Å². The maximum absolute atomic E-state index is 13.1. The minimum absolute atomic E-state index is 0.0748. The van der Waals surface area contributed by atoms with Gasteiger partial charge in [-0.15, -0.1) is 0 Å². The summed E-state index contributed by atoms with van der Waals surface area (Å²) in [5.41, 5.74) is 7.50. The molecule has 18 heavy (non-hydrogen) atoms. The van der Waals surface area contributed by atoms with Crippen LogP contribution in [0, 0.1) is 5.82 Å². The lowest BCUT2D eigenvalue weighted by Crippen LogP contribution is -2.23. The van der Waals surface area contributed by atoms with Gasteiger partial charge in [-0.25, -0.2) is 9.37 Å². The van der Waals surface area contributed by atoms with Gasteiger partial charge in [-0.05, 0) is 25.1 Å². The molecule has 0 spiro atoms. The Balaban J connectivity index is 2.20. The van der Waals surface area contributed by atoms with E-state index in [2.05, 4.69) is 10.3 Å². The number of halogens is 1. The summed E-state index contributed by atoms with van der Waals surface area (Å²) in [6, 6.07) is 6.28. The molecule has 0 saturated heterocycles. The van der Waals surface area contributed by atoms with E-state index in [9.17, 15) is 4.39 Å². The molecule has 3 N–H and O–H groups in total. The molecule has 0 saturated carbocycles. The molecule has 1 heterocycles. The average molecular weight is 248 g/mol. The molecule has 4 nitrogen and oxygen atoms in total. The van der Waals surface area contributed by atoms with Crippen molar-refractivity contribution in [2.75, 3.05) is 11.9 Å². The zero-order valence-electron chi connectivity index (χ0n) is 10.3. The van der Waals surface area contributed by atoms with Crippen LogP contribution in [0.1, 0.15) is 18.7 Å². The van der Waals surface area contributed by atoms with E-state index in [0.29, 0.717) is 12.2 Å². The molecule has 0 aliphatic heterocycles. The monoisotopic (exact) mass is 248 g/mol. The summed E-state index contributed by atoms with van der Waals surface area (Å²) < 4.78 is 15.1. The number of anilines is 1. The fourth-order valence-electron chi connectivity index (χ4n) is 1.92. The van der Waals surface area contributed by atoms with Gasteiger partial charge in [-0.2, -0.15) is 0 Å². The molecule has 96 valence electrons. The summed E-state index contributed by atoms with van der Waals surface area (Å²) in [5.74, 6) is -0.264. The second-order valence-electron chi connectivity index (χ2n) is 4.05. The van der Waals surface area contributed by atoms with Gasteiger partial charge in [0.05, 0.1) is 24.3 Å². The zero-order chi connectivity index (χ0) is 13.0. The Morgan fingerprint density at radius 3 is 3.00 bits per heavy atom. The molecule has 0 radical (unpaired) electrons. The lowest BCUT2D eigenvalue weighted by atomic mass is 10.2. The van der Waals surface area contributed by atoms with Gasteiger partial charge in [-0.3, -0.25) is 0 Å². The molecule has 5 heteroatoms. The van der Waals surface area contributed by atoms with E-state index in [-0.39, 0.29) is 11.9 Å². The van der Waals surface area contributed by atoms with Crippen molar-refractivity contribution in [2.24, 2.45) is 5.73 Å². The quantitative estimate of drug-likeness (QED) is 0.852. The SMILES string of the molecule is CCn1cncc1C(CN)Nc1cccc(F)c1. The molecule has 1 atom stereocenters. The molecule has 0 aliphatic rings. The topological polar surface area (TPSA) is 55.9 Å². The van der Waals surface area contributed by atoms with Crippen molar-refractivity contribution in [3.8, 4) is 0 Å². The standard InChI is InChI=1S/C13H17FN4/c1-2-18-9-16-8-13(18)12(7-15)17-11-5-3-4-10(14)6-11/h3-6,8-9,12,17H,2,7,15H2,1H3. The Labute approximate surface area is 106 Å². The number of nitrogens with one attached hydrogen (secondary N) is 1. The lowest BCUT2D eigenvalue weighted by Gasteiger charge is -2.19. The highest BCUT2D eigenvalue weighted by molar-refractivity contribution is 5.45. The number of rotatable bonds is 5. The second kappa shape index (κ2) is 5.64. The summed E-state index contributed by atoms with van der Waals surface area (Å²) in [5, 5.41) is 3.22. The molecule has 0 fully saturated rings. The van der Waals surface area contributed by atoms with Crippen molar-refractivity contribution in [1.82, 2.24) is 9.55 Å². The fourth-order valence-corrected chi connectivity index (χ4v) is 1.92. The first-order valence-electron chi connectivity index (χ1n) is 5.96. The summed E-state index contributed by atoms with van der Waals surface area (Å²) >= 11 is 0. The van der Waals surface area contributed by atoms with Crippen LogP contribution in [0.4, 0.5) is 10.1 Å². The molecule has 2 aromatic rings. The molecular weight excluding hydrogens is 231 g/mol. The van der Waals surface area contributed by atoms with Crippen LogP contribution in [0.5, 0.6) is 0 Å². The first-order chi connectivity index (χ1) is 8.74. The van der Waals surface area contributed by atoms with Crippen molar-refractivity contribution in [2.45, 2.75) is 19.5 Å². The van der Waals surface area contributed by atoms with Gasteiger partial charge in [0.2, 0.25) is 0 Å². The summed E-state index contributed by atoms with van der Waals surface area (Å²) in [6.45, 7) is 3.29. The van der Waals surface area contributed by atoms with Gasteiger partial charge in [0.25, 0.3) is 0 Å². The minimum Gasteiger partial charge on any atom is -0.375 e. The van der Waals surface area contributed by atoms with E-state index in [4.69, 9.17) is 5.73 Å². The first kappa shape index (κ1) is 12.6. The van der Waals surface area contributed by atoms with E-state index >= 15 is 0 Å². The maximum Gasteiger partial charge on any atom is 0.125 e. The first-order valence-corrected chi connectivity index (χ1v) is 5.96. The maximum atomic E-state index is 13.1. The molecule has 0 bridgehead atoms. The Morgan fingerprint density at radius 1 is 1.50 bits per heavy atom. The third kappa shape index (κ3) is 2.68. The highest BCUT2D eigenvalue weighted by Gasteiger charge is 2.13. The van der Waals surface area contributed by atoms with Crippen LogP contribution in [0.15, 0.2) is 36.8 Å². The predicted molar refractivity (Wildman–Crippen MR) is 69.7 cm³/mol. The van der Waals surface area contributed by atoms with E-state index in [1.54, 1.807) is 18.6 Å². The largest absolute Gasteiger partial charge is 0.375 e. The number of nitrogens with two attached hydrogens (primary N) is 1. The number of imidazole rings is 1. The number of hydrogen-bond donors (Lipinski definition) is 2. The van der Waals surface area contributed by atoms with Crippen molar-refractivity contribution in [3.63, 3.8) is 0 Å². The van der Waals surface area contributed by atoms with Crippen molar-refractivity contribution in [1.29, 1.82) is 0 Å². The Bertz CT molecular complexity index is 509. The van der Waals surface area contributed by atoms with E-state index < -0.39 is 0 Å². The van der Waals surface area contributed by atoms with Gasteiger partial charge < -0.3 is 15.6 Å². The Morgan fingerprint density at radius 2 is 2.33 bits per heavy atom. The third-order valence-electron chi connectivity index (χ3n) is 2.84. The molecule has 0 amide bonds. The fraction of sp³-hybridized carbons (Fsp3) is 0.308. The molecular formula is C13H17FN4. The third-order valence-corrected chi connectivity index (χ3v) is 2.84. The normalized spacial score (nSPS) is 12.4. The van der Waals surface area contributed by atoms with Crippen LogP contribution >= 0.6 is 0 Å². The van der Waals surface area contributed by atoms with Gasteiger partial charge in [0, 0.05) is 18.8 Å². The highest BCUT2D eigenvalue weighted by Crippen LogP contribution is 2.19. The van der Waals surface area contributed by atoms with Crippen molar-refractivity contribution in [3.05, 3.63) is 48.3 Å². The van der Waals surface area contributed by atoms with Crippen LogP contribution in [-0.2, 0) is 6.54 Å².